The van der Waals surface area contributed by atoms with E-state index in [0.717, 1.165) is 23.7 Å². The summed E-state index contributed by atoms with van der Waals surface area (Å²) in [5.41, 5.74) is 0.682. The summed E-state index contributed by atoms with van der Waals surface area (Å²) in [4.78, 5) is 0. The predicted octanol–water partition coefficient (Wildman–Crippen LogP) is 5.28. The lowest BCUT2D eigenvalue weighted by atomic mass is 9.52. The zero-order valence-electron chi connectivity index (χ0n) is 11.8. The molecule has 94 valence electrons. The fourth-order valence-corrected chi connectivity index (χ4v) is 4.59. The van der Waals surface area contributed by atoms with Crippen LogP contribution in [0.3, 0.4) is 0 Å². The number of hydrogen-bond donors (Lipinski definition) is 0. The van der Waals surface area contributed by atoms with Crippen LogP contribution in [0.2, 0.25) is 0 Å². The Morgan fingerprint density at radius 1 is 1.12 bits per heavy atom. The molecule has 0 bridgehead atoms. The molecule has 2 rings (SSSR count). The van der Waals surface area contributed by atoms with E-state index >= 15 is 0 Å². The average Bonchev–Trinajstić information content (AvgIpc) is 2.27. The van der Waals surface area contributed by atoms with Crippen molar-refractivity contribution in [1.29, 1.82) is 0 Å². The monoisotopic (exact) mass is 222 g/mol. The maximum atomic E-state index is 2.60. The van der Waals surface area contributed by atoms with Crippen molar-refractivity contribution in [2.24, 2.45) is 29.1 Å². The van der Waals surface area contributed by atoms with Crippen molar-refractivity contribution in [3.05, 3.63) is 0 Å². The second kappa shape index (κ2) is 4.70. The van der Waals surface area contributed by atoms with Crippen molar-refractivity contribution in [2.75, 3.05) is 0 Å². The number of hydrogen-bond acceptors (Lipinski definition) is 0. The number of fused-ring (bicyclic) bond motifs is 1. The molecule has 2 aliphatic carbocycles. The molecule has 2 aliphatic rings. The van der Waals surface area contributed by atoms with Crippen molar-refractivity contribution >= 4 is 0 Å². The summed E-state index contributed by atoms with van der Waals surface area (Å²) in [7, 11) is 0. The summed E-state index contributed by atoms with van der Waals surface area (Å²) in [6.45, 7) is 9.95. The Bertz CT molecular complexity index is 232. The maximum Gasteiger partial charge on any atom is -0.0269 e. The molecule has 0 aromatic heterocycles. The van der Waals surface area contributed by atoms with E-state index in [0.29, 0.717) is 5.41 Å². The van der Waals surface area contributed by atoms with Crippen LogP contribution in [0.5, 0.6) is 0 Å². The van der Waals surface area contributed by atoms with Gasteiger partial charge in [-0.1, -0.05) is 47.0 Å². The maximum absolute atomic E-state index is 2.60. The highest BCUT2D eigenvalue weighted by Gasteiger charge is 2.47. The molecule has 0 saturated heterocycles. The molecule has 0 heterocycles. The molecule has 0 nitrogen and oxygen atoms in total. The van der Waals surface area contributed by atoms with E-state index in [1.54, 1.807) is 6.42 Å². The molecule has 16 heavy (non-hydrogen) atoms. The van der Waals surface area contributed by atoms with Crippen molar-refractivity contribution < 1.29 is 0 Å². The third-order valence-electron chi connectivity index (χ3n) is 6.20. The topological polar surface area (TPSA) is 0 Å². The first-order valence-electron chi connectivity index (χ1n) is 7.58. The van der Waals surface area contributed by atoms with E-state index in [-0.39, 0.29) is 0 Å². The highest BCUT2D eigenvalue weighted by Crippen LogP contribution is 2.56. The summed E-state index contributed by atoms with van der Waals surface area (Å²) < 4.78 is 0. The minimum Gasteiger partial charge on any atom is -0.0654 e. The van der Waals surface area contributed by atoms with Crippen molar-refractivity contribution in [3.63, 3.8) is 0 Å². The minimum atomic E-state index is 0.682. The third-order valence-corrected chi connectivity index (χ3v) is 6.20. The van der Waals surface area contributed by atoms with E-state index in [4.69, 9.17) is 0 Å². The van der Waals surface area contributed by atoms with Crippen LogP contribution in [-0.4, -0.2) is 0 Å². The molecule has 0 aliphatic heterocycles. The van der Waals surface area contributed by atoms with E-state index in [1.807, 2.05) is 0 Å². The van der Waals surface area contributed by atoms with Gasteiger partial charge >= 0.3 is 0 Å². The molecule has 0 radical (unpaired) electrons. The van der Waals surface area contributed by atoms with Crippen LogP contribution in [0, 0.1) is 29.1 Å². The fourth-order valence-electron chi connectivity index (χ4n) is 4.59. The van der Waals surface area contributed by atoms with E-state index < -0.39 is 0 Å². The van der Waals surface area contributed by atoms with Gasteiger partial charge in [-0.25, -0.2) is 0 Å². The first kappa shape index (κ1) is 12.5. The number of rotatable bonds is 2. The van der Waals surface area contributed by atoms with Crippen LogP contribution in [-0.2, 0) is 0 Å². The van der Waals surface area contributed by atoms with Crippen LogP contribution >= 0.6 is 0 Å². The quantitative estimate of drug-likeness (QED) is 0.596. The van der Waals surface area contributed by atoms with Crippen LogP contribution in [0.1, 0.15) is 72.6 Å². The average molecular weight is 222 g/mol. The summed E-state index contributed by atoms with van der Waals surface area (Å²) in [6.07, 6.45) is 10.4. The Hall–Kier alpha value is 0. The van der Waals surface area contributed by atoms with Crippen molar-refractivity contribution in [2.45, 2.75) is 72.6 Å². The van der Waals surface area contributed by atoms with Gasteiger partial charge in [-0.15, -0.1) is 0 Å². The van der Waals surface area contributed by atoms with Crippen LogP contribution in [0.25, 0.3) is 0 Å². The van der Waals surface area contributed by atoms with Gasteiger partial charge in [0.15, 0.2) is 0 Å². The van der Waals surface area contributed by atoms with Gasteiger partial charge in [0.05, 0.1) is 0 Å². The van der Waals surface area contributed by atoms with Gasteiger partial charge < -0.3 is 0 Å². The zero-order valence-corrected chi connectivity index (χ0v) is 11.8. The highest BCUT2D eigenvalue weighted by atomic mass is 14.5. The summed E-state index contributed by atoms with van der Waals surface area (Å²) in [6, 6.07) is 0. The summed E-state index contributed by atoms with van der Waals surface area (Å²) >= 11 is 0. The molecule has 3 unspecified atom stereocenters. The Morgan fingerprint density at radius 3 is 2.56 bits per heavy atom. The molecule has 2 saturated carbocycles. The van der Waals surface area contributed by atoms with Crippen LogP contribution in [0.15, 0.2) is 0 Å². The molecule has 2 fully saturated rings. The largest absolute Gasteiger partial charge is 0.0654 e. The van der Waals surface area contributed by atoms with Crippen LogP contribution < -0.4 is 0 Å². The molecule has 0 heteroatoms. The van der Waals surface area contributed by atoms with Gasteiger partial charge in [0.1, 0.15) is 0 Å². The Labute approximate surface area is 102 Å². The van der Waals surface area contributed by atoms with Crippen molar-refractivity contribution in [3.8, 4) is 0 Å². The lowest BCUT2D eigenvalue weighted by molar-refractivity contribution is -0.0381. The lowest BCUT2D eigenvalue weighted by Crippen LogP contribution is -2.45. The second-order valence-corrected chi connectivity index (χ2v) is 6.98. The lowest BCUT2D eigenvalue weighted by Gasteiger charge is -2.54. The standard InChI is InChI=1S/C16H30/c1-5-6-14-9-10-16(4)13(3)12(2)7-8-15(16)11-14/h12-15H,5-11H2,1-4H3/t12?,13?,14-,15+,16?/m1/s1. The summed E-state index contributed by atoms with van der Waals surface area (Å²) in [5.74, 6) is 4.02. The Morgan fingerprint density at radius 2 is 1.88 bits per heavy atom. The smallest absolute Gasteiger partial charge is 0.0269 e. The van der Waals surface area contributed by atoms with Crippen molar-refractivity contribution in [1.82, 2.24) is 0 Å². The second-order valence-electron chi connectivity index (χ2n) is 6.98. The first-order valence-corrected chi connectivity index (χ1v) is 7.58. The van der Waals surface area contributed by atoms with Gasteiger partial charge in [-0.2, -0.15) is 0 Å². The molecule has 0 aromatic carbocycles. The van der Waals surface area contributed by atoms with Gasteiger partial charge in [-0.3, -0.25) is 0 Å². The van der Waals surface area contributed by atoms with Gasteiger partial charge in [0.25, 0.3) is 0 Å². The molecule has 0 spiro atoms. The first-order chi connectivity index (χ1) is 7.58. The molecular weight excluding hydrogens is 192 g/mol. The molecular formula is C16H30. The van der Waals surface area contributed by atoms with E-state index in [2.05, 4.69) is 27.7 Å². The zero-order chi connectivity index (χ0) is 11.8. The van der Waals surface area contributed by atoms with Gasteiger partial charge in [0, 0.05) is 0 Å². The normalized spacial score (nSPS) is 48.8. The predicted molar refractivity (Wildman–Crippen MR) is 71.4 cm³/mol. The van der Waals surface area contributed by atoms with E-state index in [9.17, 15) is 0 Å². The van der Waals surface area contributed by atoms with Gasteiger partial charge in [-0.05, 0) is 54.8 Å². The SMILES string of the molecule is CCC[C@@H]1CCC2(C)C(C)C(C)CC[C@H]2C1. The molecule has 0 N–H and O–H groups in total. The van der Waals surface area contributed by atoms with E-state index in [1.165, 1.54) is 38.5 Å². The summed E-state index contributed by atoms with van der Waals surface area (Å²) in [5, 5.41) is 0. The molecule has 5 atom stereocenters. The van der Waals surface area contributed by atoms with Crippen LogP contribution in [0.4, 0.5) is 0 Å². The minimum absolute atomic E-state index is 0.682. The Balaban J connectivity index is 2.05. The Kier molecular flexibility index (Phi) is 3.66. The van der Waals surface area contributed by atoms with Gasteiger partial charge in [0.2, 0.25) is 0 Å². The third kappa shape index (κ3) is 2.05. The highest BCUT2D eigenvalue weighted by molar-refractivity contribution is 4.96. The molecule has 0 aromatic rings. The molecule has 0 amide bonds. The fraction of sp³-hybridized carbons (Fsp3) is 1.00.